The van der Waals surface area contributed by atoms with E-state index in [4.69, 9.17) is 10.5 Å². The first kappa shape index (κ1) is 21.3. The molecule has 0 bridgehead atoms. The van der Waals surface area contributed by atoms with E-state index in [2.05, 4.69) is 23.5 Å². The fourth-order valence-electron chi connectivity index (χ4n) is 3.59. The van der Waals surface area contributed by atoms with Gasteiger partial charge in [0.15, 0.2) is 0 Å². The zero-order valence-corrected chi connectivity index (χ0v) is 16.2. The Labute approximate surface area is 160 Å². The number of nitrogens with two attached hydrogens (primary N) is 1. The molecule has 5 heteroatoms. The van der Waals surface area contributed by atoms with Crippen LogP contribution in [0.25, 0.3) is 0 Å². The van der Waals surface area contributed by atoms with Crippen molar-refractivity contribution >= 4 is 0 Å². The van der Waals surface area contributed by atoms with E-state index < -0.39 is 11.6 Å². The minimum absolute atomic E-state index is 0.143. The second kappa shape index (κ2) is 10.4. The molecular formula is C22H30F2N2O. The number of ether oxygens (including phenoxy) is 1. The fourth-order valence-corrected chi connectivity index (χ4v) is 3.59. The third-order valence-electron chi connectivity index (χ3n) is 4.93. The molecule has 27 heavy (non-hydrogen) atoms. The van der Waals surface area contributed by atoms with Gasteiger partial charge in [0, 0.05) is 11.6 Å². The van der Waals surface area contributed by atoms with Crippen molar-refractivity contribution in [2.45, 2.75) is 44.6 Å². The van der Waals surface area contributed by atoms with E-state index in [1.807, 2.05) is 6.07 Å². The van der Waals surface area contributed by atoms with Crippen molar-refractivity contribution < 1.29 is 13.5 Å². The average molecular weight is 376 g/mol. The highest BCUT2D eigenvalue weighted by molar-refractivity contribution is 5.34. The third-order valence-corrected chi connectivity index (χ3v) is 4.93. The molecule has 3 rings (SSSR count). The second-order valence-electron chi connectivity index (χ2n) is 7.04. The zero-order valence-electron chi connectivity index (χ0n) is 16.2. The molecule has 1 aliphatic carbocycles. The van der Waals surface area contributed by atoms with Gasteiger partial charge >= 0.3 is 0 Å². The minimum Gasteiger partial charge on any atom is -0.497 e. The lowest BCUT2D eigenvalue weighted by atomic mass is 9.88. The lowest BCUT2D eigenvalue weighted by Crippen LogP contribution is -2.40. The highest BCUT2D eigenvalue weighted by Gasteiger charge is 2.34. The maximum Gasteiger partial charge on any atom is 0.126 e. The van der Waals surface area contributed by atoms with Gasteiger partial charge in [-0.15, -0.1) is 0 Å². The van der Waals surface area contributed by atoms with Gasteiger partial charge in [-0.1, -0.05) is 25.0 Å². The summed E-state index contributed by atoms with van der Waals surface area (Å²) in [5, 5.41) is 3.73. The molecule has 0 aliphatic heterocycles. The Bertz CT molecular complexity index is 665. The molecule has 3 nitrogen and oxygen atoms in total. The van der Waals surface area contributed by atoms with E-state index >= 15 is 0 Å². The number of benzene rings is 2. The standard InChI is InChI=1S/C15H24N2O.C7H6F2/c1-18-14-7-4-6-13(12-14)15(8-2-3-9-15)17-11-5-10-16;1-5-2-6(8)4-7(9)3-5/h4,6-7,12,17H,2-3,5,8-11,16H2,1H3;2-4H,1H3. The average Bonchev–Trinajstić information content (AvgIpc) is 3.11. The highest BCUT2D eigenvalue weighted by Crippen LogP contribution is 2.39. The summed E-state index contributed by atoms with van der Waals surface area (Å²) in [6, 6.07) is 11.9. The van der Waals surface area contributed by atoms with Crippen LogP contribution in [0.1, 0.15) is 43.2 Å². The highest BCUT2D eigenvalue weighted by atomic mass is 19.1. The Morgan fingerprint density at radius 2 is 1.74 bits per heavy atom. The largest absolute Gasteiger partial charge is 0.497 e. The predicted molar refractivity (Wildman–Crippen MR) is 106 cm³/mol. The van der Waals surface area contributed by atoms with E-state index in [0.717, 1.165) is 31.3 Å². The third kappa shape index (κ3) is 6.29. The molecule has 0 radical (unpaired) electrons. The summed E-state index contributed by atoms with van der Waals surface area (Å²) < 4.78 is 29.7. The van der Waals surface area contributed by atoms with Gasteiger partial charge < -0.3 is 15.8 Å². The molecule has 0 heterocycles. The van der Waals surface area contributed by atoms with Gasteiger partial charge in [0.05, 0.1) is 7.11 Å². The Kier molecular flexibility index (Phi) is 8.20. The monoisotopic (exact) mass is 376 g/mol. The van der Waals surface area contributed by atoms with Crippen molar-refractivity contribution in [2.24, 2.45) is 5.73 Å². The summed E-state index contributed by atoms with van der Waals surface area (Å²) in [5.74, 6) is -0.0978. The molecule has 1 saturated carbocycles. The molecule has 0 saturated heterocycles. The summed E-state index contributed by atoms with van der Waals surface area (Å²) >= 11 is 0. The van der Waals surface area contributed by atoms with Crippen molar-refractivity contribution in [1.29, 1.82) is 0 Å². The van der Waals surface area contributed by atoms with Crippen molar-refractivity contribution in [1.82, 2.24) is 5.32 Å². The van der Waals surface area contributed by atoms with Crippen LogP contribution in [-0.2, 0) is 5.54 Å². The second-order valence-corrected chi connectivity index (χ2v) is 7.04. The topological polar surface area (TPSA) is 47.3 Å². The van der Waals surface area contributed by atoms with Crippen LogP contribution in [0, 0.1) is 18.6 Å². The molecule has 1 aliphatic rings. The summed E-state index contributed by atoms with van der Waals surface area (Å²) in [5.41, 5.74) is 7.69. The lowest BCUT2D eigenvalue weighted by Gasteiger charge is -2.31. The molecule has 0 aromatic heterocycles. The number of aryl methyl sites for hydroxylation is 1. The van der Waals surface area contributed by atoms with Gasteiger partial charge in [0.25, 0.3) is 0 Å². The predicted octanol–water partition coefficient (Wildman–Crippen LogP) is 4.68. The summed E-state index contributed by atoms with van der Waals surface area (Å²) in [7, 11) is 1.72. The van der Waals surface area contributed by atoms with Crippen LogP contribution in [0.5, 0.6) is 5.75 Å². The molecule has 1 fully saturated rings. The molecule has 2 aromatic rings. The van der Waals surface area contributed by atoms with Crippen molar-refractivity contribution in [3.8, 4) is 5.75 Å². The van der Waals surface area contributed by atoms with Gasteiger partial charge in [-0.2, -0.15) is 0 Å². The smallest absolute Gasteiger partial charge is 0.126 e. The molecule has 2 aromatic carbocycles. The maximum absolute atomic E-state index is 12.2. The van der Waals surface area contributed by atoms with Gasteiger partial charge in [0.2, 0.25) is 0 Å². The number of nitrogens with one attached hydrogen (secondary N) is 1. The van der Waals surface area contributed by atoms with E-state index in [0.29, 0.717) is 5.56 Å². The maximum atomic E-state index is 12.2. The summed E-state index contributed by atoms with van der Waals surface area (Å²) in [6.07, 6.45) is 6.06. The Morgan fingerprint density at radius 1 is 1.07 bits per heavy atom. The van der Waals surface area contributed by atoms with Crippen LogP contribution in [0.3, 0.4) is 0 Å². The summed E-state index contributed by atoms with van der Waals surface area (Å²) in [4.78, 5) is 0. The quantitative estimate of drug-likeness (QED) is 0.720. The lowest BCUT2D eigenvalue weighted by molar-refractivity contribution is 0.338. The molecule has 3 N–H and O–H groups in total. The van der Waals surface area contributed by atoms with Crippen LogP contribution in [0.15, 0.2) is 42.5 Å². The van der Waals surface area contributed by atoms with E-state index in [-0.39, 0.29) is 5.54 Å². The number of methoxy groups -OCH3 is 1. The first-order valence-corrected chi connectivity index (χ1v) is 9.51. The van der Waals surface area contributed by atoms with Crippen LogP contribution in [0.4, 0.5) is 8.78 Å². The van der Waals surface area contributed by atoms with Crippen LogP contribution < -0.4 is 15.8 Å². The molecular weight excluding hydrogens is 346 g/mol. The van der Waals surface area contributed by atoms with Crippen LogP contribution in [0.2, 0.25) is 0 Å². The zero-order chi connectivity index (χ0) is 19.7. The van der Waals surface area contributed by atoms with Crippen molar-refractivity contribution in [2.75, 3.05) is 20.2 Å². The summed E-state index contributed by atoms with van der Waals surface area (Å²) in [6.45, 7) is 3.39. The van der Waals surface area contributed by atoms with E-state index in [1.165, 1.54) is 43.4 Å². The Morgan fingerprint density at radius 3 is 2.30 bits per heavy atom. The molecule has 0 spiro atoms. The van der Waals surface area contributed by atoms with Crippen LogP contribution >= 0.6 is 0 Å². The van der Waals surface area contributed by atoms with Gasteiger partial charge in [-0.05, 0) is 74.7 Å². The fraction of sp³-hybridized carbons (Fsp3) is 0.455. The Hall–Kier alpha value is -1.98. The first-order valence-electron chi connectivity index (χ1n) is 9.51. The van der Waals surface area contributed by atoms with Crippen molar-refractivity contribution in [3.05, 3.63) is 65.2 Å². The van der Waals surface area contributed by atoms with Crippen molar-refractivity contribution in [3.63, 3.8) is 0 Å². The molecule has 0 amide bonds. The molecule has 0 unspecified atom stereocenters. The first-order chi connectivity index (χ1) is 13.0. The van der Waals surface area contributed by atoms with E-state index in [1.54, 1.807) is 14.0 Å². The van der Waals surface area contributed by atoms with E-state index in [9.17, 15) is 8.78 Å². The SMILES string of the molecule is COc1cccc(C2(NCCCN)CCCC2)c1.Cc1cc(F)cc(F)c1. The molecule has 0 atom stereocenters. The Balaban J connectivity index is 0.000000244. The number of rotatable bonds is 6. The van der Waals surface area contributed by atoms with Gasteiger partial charge in [-0.3, -0.25) is 0 Å². The number of hydrogen-bond acceptors (Lipinski definition) is 3. The van der Waals surface area contributed by atoms with Gasteiger partial charge in [0.1, 0.15) is 17.4 Å². The molecule has 148 valence electrons. The van der Waals surface area contributed by atoms with Gasteiger partial charge in [-0.25, -0.2) is 8.78 Å². The number of halogens is 2. The number of hydrogen-bond donors (Lipinski definition) is 2. The minimum atomic E-state index is -0.521. The normalized spacial score (nSPS) is 15.1. The van der Waals surface area contributed by atoms with Crippen LogP contribution in [-0.4, -0.2) is 20.2 Å².